The molecule has 0 radical (unpaired) electrons. The lowest BCUT2D eigenvalue weighted by atomic mass is 10.0. The summed E-state index contributed by atoms with van der Waals surface area (Å²) in [5, 5.41) is 2.86. The molecule has 0 saturated carbocycles. The van der Waals surface area contributed by atoms with Crippen molar-refractivity contribution in [1.82, 2.24) is 9.55 Å². The van der Waals surface area contributed by atoms with Crippen LogP contribution in [0.15, 0.2) is 48.9 Å². The van der Waals surface area contributed by atoms with E-state index in [1.165, 1.54) is 0 Å². The Morgan fingerprint density at radius 3 is 2.58 bits per heavy atom. The lowest BCUT2D eigenvalue weighted by Crippen LogP contribution is -2.26. The number of nitrogens with zero attached hydrogens (tertiary/aromatic N) is 2. The van der Waals surface area contributed by atoms with Crippen LogP contribution in [-0.4, -0.2) is 15.5 Å². The maximum Gasteiger partial charge on any atom is 0.248 e. The second-order valence-electron chi connectivity index (χ2n) is 4.98. The van der Waals surface area contributed by atoms with Crippen LogP contribution in [0, 0.1) is 5.92 Å². The molecule has 0 spiro atoms. The lowest BCUT2D eigenvalue weighted by molar-refractivity contribution is -0.119. The standard InChI is InChI=1S/C15H19N3O/c1-12(2)11-13(18-9-5-6-10-18)15(19)17-14-7-3-4-8-16-14/h3-10,12-13H,11H2,1-2H3,(H,16,17,19)/t13-/m0/s1. The van der Waals surface area contributed by atoms with Gasteiger partial charge >= 0.3 is 0 Å². The van der Waals surface area contributed by atoms with Crippen molar-refractivity contribution in [3.63, 3.8) is 0 Å². The summed E-state index contributed by atoms with van der Waals surface area (Å²) in [5.41, 5.74) is 0. The Bertz CT molecular complexity index is 505. The van der Waals surface area contributed by atoms with Gasteiger partial charge in [-0.1, -0.05) is 19.9 Å². The van der Waals surface area contributed by atoms with Gasteiger partial charge in [-0.05, 0) is 36.6 Å². The van der Waals surface area contributed by atoms with E-state index in [1.807, 2.05) is 41.2 Å². The average molecular weight is 257 g/mol. The van der Waals surface area contributed by atoms with Gasteiger partial charge in [-0.2, -0.15) is 0 Å². The second kappa shape index (κ2) is 6.18. The minimum Gasteiger partial charge on any atom is -0.342 e. The van der Waals surface area contributed by atoms with Crippen LogP contribution in [0.4, 0.5) is 5.82 Å². The number of carbonyl (C=O) groups is 1. The summed E-state index contributed by atoms with van der Waals surface area (Å²) in [6.07, 6.45) is 6.31. The maximum atomic E-state index is 12.4. The van der Waals surface area contributed by atoms with Crippen molar-refractivity contribution in [2.24, 2.45) is 5.92 Å². The molecule has 2 heterocycles. The number of anilines is 1. The molecule has 19 heavy (non-hydrogen) atoms. The Balaban J connectivity index is 2.12. The first-order valence-corrected chi connectivity index (χ1v) is 6.51. The fraction of sp³-hybridized carbons (Fsp3) is 0.333. The van der Waals surface area contributed by atoms with E-state index >= 15 is 0 Å². The fourth-order valence-corrected chi connectivity index (χ4v) is 2.01. The highest BCUT2D eigenvalue weighted by Crippen LogP contribution is 2.19. The zero-order chi connectivity index (χ0) is 13.7. The molecule has 1 N–H and O–H groups in total. The monoisotopic (exact) mass is 257 g/mol. The van der Waals surface area contributed by atoms with E-state index in [-0.39, 0.29) is 11.9 Å². The predicted octanol–water partition coefficient (Wildman–Crippen LogP) is 3.11. The van der Waals surface area contributed by atoms with Gasteiger partial charge in [0.25, 0.3) is 0 Å². The highest BCUT2D eigenvalue weighted by Gasteiger charge is 2.21. The summed E-state index contributed by atoms with van der Waals surface area (Å²) in [4.78, 5) is 16.5. The molecule has 2 aromatic rings. The van der Waals surface area contributed by atoms with Gasteiger partial charge in [0.2, 0.25) is 5.91 Å². The van der Waals surface area contributed by atoms with Gasteiger partial charge in [-0.25, -0.2) is 4.98 Å². The smallest absolute Gasteiger partial charge is 0.248 e. The minimum absolute atomic E-state index is 0.0244. The summed E-state index contributed by atoms with van der Waals surface area (Å²) in [6.45, 7) is 4.23. The molecule has 2 aromatic heterocycles. The van der Waals surface area contributed by atoms with Crippen LogP contribution >= 0.6 is 0 Å². The third-order valence-electron chi connectivity index (χ3n) is 2.90. The van der Waals surface area contributed by atoms with Crippen molar-refractivity contribution in [3.8, 4) is 0 Å². The van der Waals surface area contributed by atoms with Crippen LogP contribution in [0.25, 0.3) is 0 Å². The van der Waals surface area contributed by atoms with Crippen LogP contribution < -0.4 is 5.32 Å². The highest BCUT2D eigenvalue weighted by molar-refractivity contribution is 5.92. The molecular formula is C15H19N3O. The van der Waals surface area contributed by atoms with E-state index in [1.54, 1.807) is 12.3 Å². The minimum atomic E-state index is -0.197. The summed E-state index contributed by atoms with van der Waals surface area (Å²) in [7, 11) is 0. The van der Waals surface area contributed by atoms with Crippen molar-refractivity contribution in [1.29, 1.82) is 0 Å². The van der Waals surface area contributed by atoms with Crippen molar-refractivity contribution in [3.05, 3.63) is 48.9 Å². The highest BCUT2D eigenvalue weighted by atomic mass is 16.2. The van der Waals surface area contributed by atoms with Crippen LogP contribution in [0.3, 0.4) is 0 Å². The number of amides is 1. The quantitative estimate of drug-likeness (QED) is 0.894. The van der Waals surface area contributed by atoms with Crippen molar-refractivity contribution >= 4 is 11.7 Å². The molecule has 1 atom stereocenters. The first-order valence-electron chi connectivity index (χ1n) is 6.51. The zero-order valence-corrected chi connectivity index (χ0v) is 11.3. The molecule has 0 bridgehead atoms. The van der Waals surface area contributed by atoms with Crippen LogP contribution in [0.5, 0.6) is 0 Å². The van der Waals surface area contributed by atoms with Gasteiger partial charge in [0, 0.05) is 18.6 Å². The Labute approximate surface area is 113 Å². The Hall–Kier alpha value is -2.10. The van der Waals surface area contributed by atoms with E-state index in [9.17, 15) is 4.79 Å². The topological polar surface area (TPSA) is 46.9 Å². The first kappa shape index (κ1) is 13.3. The molecule has 0 aliphatic heterocycles. The molecule has 100 valence electrons. The zero-order valence-electron chi connectivity index (χ0n) is 11.3. The van der Waals surface area contributed by atoms with Gasteiger partial charge in [0.05, 0.1) is 0 Å². The molecule has 0 unspecified atom stereocenters. The van der Waals surface area contributed by atoms with Crippen molar-refractivity contribution in [2.75, 3.05) is 5.32 Å². The predicted molar refractivity (Wildman–Crippen MR) is 75.8 cm³/mol. The van der Waals surface area contributed by atoms with E-state index < -0.39 is 0 Å². The van der Waals surface area contributed by atoms with Gasteiger partial charge in [0.15, 0.2) is 0 Å². The molecule has 1 amide bonds. The summed E-state index contributed by atoms with van der Waals surface area (Å²) >= 11 is 0. The number of nitrogens with one attached hydrogen (secondary N) is 1. The third-order valence-corrected chi connectivity index (χ3v) is 2.90. The number of aromatic nitrogens is 2. The number of carbonyl (C=O) groups excluding carboxylic acids is 1. The number of hydrogen-bond donors (Lipinski definition) is 1. The van der Waals surface area contributed by atoms with E-state index in [0.29, 0.717) is 11.7 Å². The molecule has 0 aromatic carbocycles. The van der Waals surface area contributed by atoms with Crippen LogP contribution in [0.1, 0.15) is 26.3 Å². The molecule has 0 saturated heterocycles. The Kier molecular flexibility index (Phi) is 4.34. The fourth-order valence-electron chi connectivity index (χ4n) is 2.01. The molecule has 4 heteroatoms. The summed E-state index contributed by atoms with van der Waals surface area (Å²) < 4.78 is 1.94. The van der Waals surface area contributed by atoms with Gasteiger partial charge < -0.3 is 9.88 Å². The second-order valence-corrected chi connectivity index (χ2v) is 4.98. The molecule has 4 nitrogen and oxygen atoms in total. The first-order chi connectivity index (χ1) is 9.16. The Morgan fingerprint density at radius 1 is 1.26 bits per heavy atom. The van der Waals surface area contributed by atoms with Crippen molar-refractivity contribution < 1.29 is 4.79 Å². The number of pyridine rings is 1. The summed E-state index contributed by atoms with van der Waals surface area (Å²) in [6, 6.07) is 9.14. The SMILES string of the molecule is CC(C)C[C@@H](C(=O)Nc1ccccn1)n1cccc1. The largest absolute Gasteiger partial charge is 0.342 e. The maximum absolute atomic E-state index is 12.4. The molecule has 0 aliphatic rings. The van der Waals surface area contributed by atoms with Gasteiger partial charge in [-0.3, -0.25) is 4.79 Å². The van der Waals surface area contributed by atoms with E-state index in [2.05, 4.69) is 24.1 Å². The molecule has 0 aliphatic carbocycles. The number of rotatable bonds is 5. The van der Waals surface area contributed by atoms with Crippen LogP contribution in [0.2, 0.25) is 0 Å². The normalized spacial score (nSPS) is 12.4. The molecule has 0 fully saturated rings. The summed E-state index contributed by atoms with van der Waals surface area (Å²) in [5.74, 6) is 1.01. The van der Waals surface area contributed by atoms with Crippen LogP contribution in [-0.2, 0) is 4.79 Å². The number of hydrogen-bond acceptors (Lipinski definition) is 2. The average Bonchev–Trinajstić information content (AvgIpc) is 2.90. The lowest BCUT2D eigenvalue weighted by Gasteiger charge is -2.20. The van der Waals surface area contributed by atoms with Crippen molar-refractivity contribution in [2.45, 2.75) is 26.3 Å². The third kappa shape index (κ3) is 3.68. The molecule has 2 rings (SSSR count). The van der Waals surface area contributed by atoms with E-state index in [0.717, 1.165) is 6.42 Å². The Morgan fingerprint density at radius 2 is 2.00 bits per heavy atom. The van der Waals surface area contributed by atoms with Gasteiger partial charge in [0.1, 0.15) is 11.9 Å². The van der Waals surface area contributed by atoms with E-state index in [4.69, 9.17) is 0 Å². The molecular weight excluding hydrogens is 238 g/mol. The van der Waals surface area contributed by atoms with Gasteiger partial charge in [-0.15, -0.1) is 0 Å².